The van der Waals surface area contributed by atoms with Gasteiger partial charge in [-0.05, 0) is 39.0 Å². The fourth-order valence-electron chi connectivity index (χ4n) is 2.54. The third-order valence-electron chi connectivity index (χ3n) is 3.85. The van der Waals surface area contributed by atoms with E-state index in [1.54, 1.807) is 19.9 Å². The first-order valence-electron chi connectivity index (χ1n) is 7.97. The second-order valence-electron chi connectivity index (χ2n) is 6.21. The van der Waals surface area contributed by atoms with Crippen molar-refractivity contribution in [2.45, 2.75) is 39.5 Å². The van der Waals surface area contributed by atoms with Crippen molar-refractivity contribution < 1.29 is 33.7 Å². The normalized spacial score (nSPS) is 15.6. The van der Waals surface area contributed by atoms with Crippen LogP contribution in [0.3, 0.4) is 0 Å². The van der Waals surface area contributed by atoms with Gasteiger partial charge in [0, 0.05) is 12.0 Å². The number of esters is 1. The van der Waals surface area contributed by atoms with Gasteiger partial charge >= 0.3 is 5.97 Å². The molecular formula is C19H19FO6. The summed E-state index contributed by atoms with van der Waals surface area (Å²) in [6.45, 7) is 4.58. The molecule has 0 saturated heterocycles. The van der Waals surface area contributed by atoms with Gasteiger partial charge in [-0.25, -0.2) is 9.18 Å². The molecule has 2 atom stereocenters. The Morgan fingerprint density at radius 1 is 1.19 bits per heavy atom. The Kier molecular flexibility index (Phi) is 5.59. The van der Waals surface area contributed by atoms with E-state index in [2.05, 4.69) is 0 Å². The van der Waals surface area contributed by atoms with E-state index in [-0.39, 0.29) is 23.1 Å². The molecule has 0 radical (unpaired) electrons. The highest BCUT2D eigenvalue weighted by Gasteiger charge is 2.36. The van der Waals surface area contributed by atoms with Gasteiger partial charge < -0.3 is 14.9 Å². The van der Waals surface area contributed by atoms with Gasteiger partial charge in [-0.2, -0.15) is 0 Å². The smallest absolute Gasteiger partial charge is 0.341 e. The molecule has 0 aliphatic heterocycles. The van der Waals surface area contributed by atoms with E-state index < -0.39 is 41.3 Å². The van der Waals surface area contributed by atoms with E-state index in [1.807, 2.05) is 0 Å². The highest BCUT2D eigenvalue weighted by atomic mass is 19.1. The van der Waals surface area contributed by atoms with Crippen LogP contribution in [0.5, 0.6) is 11.5 Å². The topological polar surface area (TPSA) is 101 Å². The number of rotatable bonds is 5. The maximum Gasteiger partial charge on any atom is 0.341 e. The molecule has 1 aliphatic carbocycles. The van der Waals surface area contributed by atoms with Crippen LogP contribution < -0.4 is 0 Å². The number of halogens is 1. The predicted molar refractivity (Wildman–Crippen MR) is 91.0 cm³/mol. The van der Waals surface area contributed by atoms with Crippen molar-refractivity contribution in [3.05, 3.63) is 46.6 Å². The maximum atomic E-state index is 13.2. The quantitative estimate of drug-likeness (QED) is 0.474. The number of fused-ring (bicyclic) bond motifs is 1. The first kappa shape index (κ1) is 19.4. The van der Waals surface area contributed by atoms with Gasteiger partial charge in [-0.3, -0.25) is 9.59 Å². The molecule has 7 heteroatoms. The number of Topliss-reactive ketones (excluding diaryl/α,β-unsaturated/α-hetero) is 1. The molecule has 1 unspecified atom stereocenters. The van der Waals surface area contributed by atoms with Gasteiger partial charge in [0.1, 0.15) is 17.6 Å². The van der Waals surface area contributed by atoms with E-state index in [0.717, 1.165) is 30.7 Å². The van der Waals surface area contributed by atoms with Crippen molar-refractivity contribution in [3.8, 4) is 11.5 Å². The SMILES string of the molecule is CC(C)=CC[C@@H](OC(=O)C(C)F)C1=CC(=O)c2c(O)ccc(O)c2C1=O. The average Bonchev–Trinajstić information content (AvgIpc) is 2.56. The van der Waals surface area contributed by atoms with Crippen molar-refractivity contribution in [1.29, 1.82) is 0 Å². The van der Waals surface area contributed by atoms with Gasteiger partial charge in [0.25, 0.3) is 0 Å². The zero-order valence-corrected chi connectivity index (χ0v) is 14.6. The first-order chi connectivity index (χ1) is 12.1. The Morgan fingerprint density at radius 2 is 1.77 bits per heavy atom. The molecule has 26 heavy (non-hydrogen) atoms. The number of phenolic OH excluding ortho intramolecular Hbond substituents is 2. The Balaban J connectivity index is 2.50. The molecule has 1 aromatic rings. The molecule has 0 bridgehead atoms. The fourth-order valence-corrected chi connectivity index (χ4v) is 2.54. The summed E-state index contributed by atoms with van der Waals surface area (Å²) in [5.41, 5.74) is 0.00858. The number of carbonyl (C=O) groups excluding carboxylic acids is 3. The molecule has 0 aromatic heterocycles. The van der Waals surface area contributed by atoms with Crippen molar-refractivity contribution in [2.24, 2.45) is 0 Å². The van der Waals surface area contributed by atoms with Crippen molar-refractivity contribution in [3.63, 3.8) is 0 Å². The van der Waals surface area contributed by atoms with Crippen LogP contribution in [0.1, 0.15) is 47.9 Å². The molecule has 0 amide bonds. The Morgan fingerprint density at radius 3 is 2.31 bits per heavy atom. The van der Waals surface area contributed by atoms with Crippen molar-refractivity contribution in [2.75, 3.05) is 0 Å². The summed E-state index contributed by atoms with van der Waals surface area (Å²) < 4.78 is 18.3. The number of allylic oxidation sites excluding steroid dienone is 2. The summed E-state index contributed by atoms with van der Waals surface area (Å²) in [5, 5.41) is 19.8. The number of alkyl halides is 1. The van der Waals surface area contributed by atoms with Gasteiger partial charge in [0.2, 0.25) is 0 Å². The van der Waals surface area contributed by atoms with Crippen LogP contribution in [-0.4, -0.2) is 40.0 Å². The molecule has 138 valence electrons. The van der Waals surface area contributed by atoms with Crippen LogP contribution in [0.15, 0.2) is 35.4 Å². The summed E-state index contributed by atoms with van der Waals surface area (Å²) in [6, 6.07) is 2.19. The van der Waals surface area contributed by atoms with E-state index in [9.17, 15) is 29.0 Å². The number of hydrogen-bond donors (Lipinski definition) is 2. The number of hydrogen-bond acceptors (Lipinski definition) is 6. The highest BCUT2D eigenvalue weighted by molar-refractivity contribution is 6.27. The van der Waals surface area contributed by atoms with Crippen LogP contribution >= 0.6 is 0 Å². The minimum atomic E-state index is -1.90. The lowest BCUT2D eigenvalue weighted by atomic mass is 9.85. The molecule has 0 fully saturated rings. The molecule has 2 N–H and O–H groups in total. The number of phenols is 2. The third kappa shape index (κ3) is 3.82. The van der Waals surface area contributed by atoms with E-state index in [0.29, 0.717) is 0 Å². The molecule has 0 saturated carbocycles. The summed E-state index contributed by atoms with van der Waals surface area (Å²) >= 11 is 0. The Bertz CT molecular complexity index is 831. The number of carbonyl (C=O) groups is 3. The highest BCUT2D eigenvalue weighted by Crippen LogP contribution is 2.36. The monoisotopic (exact) mass is 362 g/mol. The number of aromatic hydroxyl groups is 2. The average molecular weight is 362 g/mol. The molecule has 0 heterocycles. The zero-order chi connectivity index (χ0) is 19.6. The van der Waals surface area contributed by atoms with Gasteiger partial charge in [-0.15, -0.1) is 0 Å². The summed E-state index contributed by atoms with van der Waals surface area (Å²) in [7, 11) is 0. The van der Waals surface area contributed by atoms with Gasteiger partial charge in [0.15, 0.2) is 17.7 Å². The lowest BCUT2D eigenvalue weighted by Crippen LogP contribution is -2.31. The van der Waals surface area contributed by atoms with Crippen LogP contribution in [-0.2, 0) is 9.53 Å². The first-order valence-corrected chi connectivity index (χ1v) is 7.97. The van der Waals surface area contributed by atoms with Gasteiger partial charge in [-0.1, -0.05) is 11.6 Å². The molecule has 1 aliphatic rings. The molecular weight excluding hydrogens is 343 g/mol. The van der Waals surface area contributed by atoms with Crippen LogP contribution in [0, 0.1) is 0 Å². The second kappa shape index (κ2) is 7.51. The number of benzene rings is 1. The summed E-state index contributed by atoms with van der Waals surface area (Å²) in [5.74, 6) is -3.56. The minimum absolute atomic E-state index is 0.0561. The van der Waals surface area contributed by atoms with Crippen molar-refractivity contribution in [1.82, 2.24) is 0 Å². The summed E-state index contributed by atoms with van der Waals surface area (Å²) in [6.07, 6.45) is -0.410. The Hall–Kier alpha value is -2.96. The zero-order valence-electron chi connectivity index (χ0n) is 14.6. The predicted octanol–water partition coefficient (Wildman–Crippen LogP) is 3.03. The molecule has 1 aromatic carbocycles. The molecule has 0 spiro atoms. The second-order valence-corrected chi connectivity index (χ2v) is 6.21. The number of ether oxygens (including phenoxy) is 1. The van der Waals surface area contributed by atoms with Crippen LogP contribution in [0.25, 0.3) is 0 Å². The third-order valence-corrected chi connectivity index (χ3v) is 3.85. The van der Waals surface area contributed by atoms with Crippen molar-refractivity contribution >= 4 is 17.5 Å². The fraction of sp³-hybridized carbons (Fsp3) is 0.316. The van der Waals surface area contributed by atoms with E-state index >= 15 is 0 Å². The summed E-state index contributed by atoms with van der Waals surface area (Å²) in [4.78, 5) is 36.8. The standard InChI is InChI=1S/C19H19FO6/c1-9(2)4-7-15(26-19(25)10(3)20)11-8-14(23)16-12(21)5-6-13(22)17(16)18(11)24/h4-6,8,10,15,21-22H,7H2,1-3H3/t10?,15-/m1/s1. The maximum absolute atomic E-state index is 13.2. The lowest BCUT2D eigenvalue weighted by molar-refractivity contribution is -0.152. The molecule has 6 nitrogen and oxygen atoms in total. The number of ketones is 2. The molecule has 2 rings (SSSR count). The van der Waals surface area contributed by atoms with Crippen LogP contribution in [0.2, 0.25) is 0 Å². The van der Waals surface area contributed by atoms with E-state index in [1.165, 1.54) is 0 Å². The Labute approximate surface area is 149 Å². The minimum Gasteiger partial charge on any atom is -0.507 e. The van der Waals surface area contributed by atoms with E-state index in [4.69, 9.17) is 4.74 Å². The van der Waals surface area contributed by atoms with Gasteiger partial charge in [0.05, 0.1) is 11.1 Å². The largest absolute Gasteiger partial charge is 0.507 e. The lowest BCUT2D eigenvalue weighted by Gasteiger charge is -2.23. The van der Waals surface area contributed by atoms with Crippen LogP contribution in [0.4, 0.5) is 4.39 Å².